The van der Waals surface area contributed by atoms with Gasteiger partial charge >= 0.3 is 0 Å². The van der Waals surface area contributed by atoms with Crippen LogP contribution in [0, 0.1) is 5.92 Å². The van der Waals surface area contributed by atoms with Crippen molar-refractivity contribution in [2.75, 3.05) is 20.6 Å². The highest BCUT2D eigenvalue weighted by atomic mass is 15.0. The molecular formula is C17H34N2. The highest BCUT2D eigenvalue weighted by Crippen LogP contribution is 2.21. The SMILES string of the molecule is C.CC(C)C1=CC(CN(C)C)=CCC=C1N.CCC. The predicted molar refractivity (Wildman–Crippen MR) is 89.1 cm³/mol. The summed E-state index contributed by atoms with van der Waals surface area (Å²) in [7, 11) is 4.18. The first-order chi connectivity index (χ1) is 8.42. The number of rotatable bonds is 3. The molecule has 0 aromatic heterocycles. The van der Waals surface area contributed by atoms with Gasteiger partial charge in [0.25, 0.3) is 0 Å². The molecule has 0 heterocycles. The molecule has 0 saturated carbocycles. The van der Waals surface area contributed by atoms with Gasteiger partial charge in [0, 0.05) is 12.2 Å². The number of likely N-dealkylation sites (N-methyl/N-ethyl adjacent to an activating group) is 1. The van der Waals surface area contributed by atoms with Gasteiger partial charge in [0.15, 0.2) is 0 Å². The zero-order chi connectivity index (χ0) is 14.1. The van der Waals surface area contributed by atoms with Gasteiger partial charge in [-0.05, 0) is 37.6 Å². The summed E-state index contributed by atoms with van der Waals surface area (Å²) in [6.45, 7) is 9.60. The van der Waals surface area contributed by atoms with Gasteiger partial charge in [0.2, 0.25) is 0 Å². The summed E-state index contributed by atoms with van der Waals surface area (Å²) in [6, 6.07) is 0. The third kappa shape index (κ3) is 8.66. The molecule has 0 atom stereocenters. The lowest BCUT2D eigenvalue weighted by molar-refractivity contribution is 0.448. The minimum Gasteiger partial charge on any atom is -0.399 e. The van der Waals surface area contributed by atoms with Crippen LogP contribution in [0.15, 0.2) is 35.1 Å². The first-order valence-electron chi connectivity index (χ1n) is 6.93. The minimum absolute atomic E-state index is 0. The molecule has 0 fully saturated rings. The zero-order valence-electron chi connectivity index (χ0n) is 13.0. The number of nitrogens with zero attached hydrogens (tertiary/aromatic N) is 1. The van der Waals surface area contributed by atoms with Crippen LogP contribution in [0.4, 0.5) is 0 Å². The molecule has 2 heteroatoms. The van der Waals surface area contributed by atoms with Crippen molar-refractivity contribution >= 4 is 0 Å². The maximum Gasteiger partial charge on any atom is 0.0311 e. The lowest BCUT2D eigenvalue weighted by Gasteiger charge is -2.14. The first-order valence-corrected chi connectivity index (χ1v) is 6.93. The molecule has 1 rings (SSSR count). The average molecular weight is 266 g/mol. The van der Waals surface area contributed by atoms with Gasteiger partial charge in [0.05, 0.1) is 0 Å². The van der Waals surface area contributed by atoms with E-state index in [2.05, 4.69) is 64.9 Å². The molecule has 0 aromatic rings. The number of hydrogen-bond acceptors (Lipinski definition) is 2. The van der Waals surface area contributed by atoms with E-state index < -0.39 is 0 Å². The second-order valence-corrected chi connectivity index (χ2v) is 5.37. The van der Waals surface area contributed by atoms with Crippen molar-refractivity contribution in [3.05, 3.63) is 35.1 Å². The monoisotopic (exact) mass is 266 g/mol. The third-order valence-corrected chi connectivity index (χ3v) is 2.51. The highest BCUT2D eigenvalue weighted by Gasteiger charge is 2.10. The van der Waals surface area contributed by atoms with Crippen molar-refractivity contribution < 1.29 is 0 Å². The van der Waals surface area contributed by atoms with E-state index in [0.29, 0.717) is 5.92 Å². The fourth-order valence-electron chi connectivity index (χ4n) is 1.77. The Morgan fingerprint density at radius 2 is 1.74 bits per heavy atom. The van der Waals surface area contributed by atoms with E-state index in [-0.39, 0.29) is 7.43 Å². The van der Waals surface area contributed by atoms with Crippen molar-refractivity contribution in [2.24, 2.45) is 11.7 Å². The molecule has 0 bridgehead atoms. The Kier molecular flexibility index (Phi) is 11.6. The summed E-state index contributed by atoms with van der Waals surface area (Å²) in [5.41, 5.74) is 9.58. The van der Waals surface area contributed by atoms with Crippen LogP contribution in [0.3, 0.4) is 0 Å². The fourth-order valence-corrected chi connectivity index (χ4v) is 1.77. The second-order valence-electron chi connectivity index (χ2n) is 5.37. The largest absolute Gasteiger partial charge is 0.399 e. The van der Waals surface area contributed by atoms with E-state index in [4.69, 9.17) is 5.73 Å². The van der Waals surface area contributed by atoms with Gasteiger partial charge in [-0.25, -0.2) is 0 Å². The quantitative estimate of drug-likeness (QED) is 0.822. The van der Waals surface area contributed by atoms with Crippen LogP contribution < -0.4 is 5.73 Å². The Hall–Kier alpha value is -1.02. The van der Waals surface area contributed by atoms with Gasteiger partial charge in [0.1, 0.15) is 0 Å². The fraction of sp³-hybridized carbons (Fsp3) is 0.647. The summed E-state index contributed by atoms with van der Waals surface area (Å²) >= 11 is 0. The topological polar surface area (TPSA) is 29.3 Å². The van der Waals surface area contributed by atoms with Crippen molar-refractivity contribution in [2.45, 2.75) is 48.0 Å². The Morgan fingerprint density at radius 1 is 1.21 bits per heavy atom. The molecule has 0 radical (unpaired) electrons. The molecule has 2 N–H and O–H groups in total. The smallest absolute Gasteiger partial charge is 0.0311 e. The molecule has 19 heavy (non-hydrogen) atoms. The van der Waals surface area contributed by atoms with Crippen LogP contribution in [0.2, 0.25) is 0 Å². The van der Waals surface area contributed by atoms with Crippen LogP contribution in [-0.4, -0.2) is 25.5 Å². The summed E-state index contributed by atoms with van der Waals surface area (Å²) < 4.78 is 0. The maximum atomic E-state index is 6.02. The molecule has 0 aromatic carbocycles. The van der Waals surface area contributed by atoms with Crippen LogP contribution in [-0.2, 0) is 0 Å². The summed E-state index contributed by atoms with van der Waals surface area (Å²) in [4.78, 5) is 2.18. The summed E-state index contributed by atoms with van der Waals surface area (Å²) in [5.74, 6) is 0.491. The maximum absolute atomic E-state index is 6.02. The lowest BCUT2D eigenvalue weighted by Crippen LogP contribution is -2.15. The molecule has 0 aliphatic heterocycles. The molecule has 0 unspecified atom stereocenters. The standard InChI is InChI=1S/C13H22N2.C3H8.CH4/c1-10(2)12-8-11(9-15(3)4)6-5-7-13(12)14;1-3-2;/h6-8,10H,5,9,14H2,1-4H3;3H2,1-2H3;1H4. The van der Waals surface area contributed by atoms with Gasteiger partial charge in [-0.1, -0.05) is 59.8 Å². The van der Waals surface area contributed by atoms with Crippen molar-refractivity contribution in [3.63, 3.8) is 0 Å². The van der Waals surface area contributed by atoms with E-state index in [9.17, 15) is 0 Å². The summed E-state index contributed by atoms with van der Waals surface area (Å²) in [6.07, 6.45) is 8.79. The number of nitrogens with two attached hydrogens (primary N) is 1. The molecule has 0 saturated heterocycles. The van der Waals surface area contributed by atoms with Crippen molar-refractivity contribution in [1.29, 1.82) is 0 Å². The van der Waals surface area contributed by atoms with Crippen LogP contribution in [0.5, 0.6) is 0 Å². The molecule has 2 nitrogen and oxygen atoms in total. The Bertz CT molecular complexity index is 320. The van der Waals surface area contributed by atoms with Gasteiger partial charge in [-0.2, -0.15) is 0 Å². The predicted octanol–water partition coefficient (Wildman–Crippen LogP) is 4.36. The van der Waals surface area contributed by atoms with E-state index in [1.807, 2.05) is 0 Å². The third-order valence-electron chi connectivity index (χ3n) is 2.51. The molecule has 1 aliphatic rings. The number of allylic oxidation sites excluding steroid dienone is 3. The summed E-state index contributed by atoms with van der Waals surface area (Å²) in [5, 5.41) is 0. The first kappa shape index (κ1) is 20.3. The second kappa shape index (κ2) is 10.9. The molecule has 0 spiro atoms. The van der Waals surface area contributed by atoms with Crippen molar-refractivity contribution in [3.8, 4) is 0 Å². The van der Waals surface area contributed by atoms with Gasteiger partial charge < -0.3 is 10.6 Å². The Morgan fingerprint density at radius 3 is 2.16 bits per heavy atom. The van der Waals surface area contributed by atoms with E-state index >= 15 is 0 Å². The zero-order valence-corrected chi connectivity index (χ0v) is 13.0. The van der Waals surface area contributed by atoms with Crippen LogP contribution in [0.25, 0.3) is 0 Å². The number of hydrogen-bond donors (Lipinski definition) is 1. The minimum atomic E-state index is 0. The van der Waals surface area contributed by atoms with Crippen LogP contribution in [0.1, 0.15) is 48.0 Å². The Balaban J connectivity index is 0. The molecule has 1 aliphatic carbocycles. The van der Waals surface area contributed by atoms with Gasteiger partial charge in [-0.3, -0.25) is 0 Å². The van der Waals surface area contributed by atoms with Crippen molar-refractivity contribution in [1.82, 2.24) is 4.90 Å². The molecule has 0 amide bonds. The van der Waals surface area contributed by atoms with E-state index in [1.54, 1.807) is 0 Å². The average Bonchev–Trinajstić information content (AvgIpc) is 2.41. The lowest BCUT2D eigenvalue weighted by atomic mass is 9.98. The Labute approximate surface area is 121 Å². The highest BCUT2D eigenvalue weighted by molar-refractivity contribution is 5.40. The van der Waals surface area contributed by atoms with Crippen LogP contribution >= 0.6 is 0 Å². The molecular weight excluding hydrogens is 232 g/mol. The van der Waals surface area contributed by atoms with Gasteiger partial charge in [-0.15, -0.1) is 0 Å². The van der Waals surface area contributed by atoms with E-state index in [0.717, 1.165) is 18.7 Å². The normalized spacial score (nSPS) is 14.6. The van der Waals surface area contributed by atoms with E-state index in [1.165, 1.54) is 17.6 Å². The molecule has 112 valence electrons.